The van der Waals surface area contributed by atoms with Crippen molar-refractivity contribution < 1.29 is 14.6 Å². The van der Waals surface area contributed by atoms with Crippen LogP contribution in [0.4, 0.5) is 0 Å². The molecule has 0 saturated heterocycles. The maximum atomic E-state index is 11.2. The lowest BCUT2D eigenvalue weighted by Gasteiger charge is -2.22. The molecule has 17 heavy (non-hydrogen) atoms. The van der Waals surface area contributed by atoms with Gasteiger partial charge in [-0.15, -0.1) is 6.42 Å². The molecule has 0 aliphatic rings. The molecule has 1 N–H and O–H groups in total. The van der Waals surface area contributed by atoms with Crippen LogP contribution in [0, 0.1) is 12.3 Å². The molecule has 0 saturated carbocycles. The number of likely N-dealkylation sites (N-methyl/N-ethyl adjacent to an activating group) is 1. The average molecular weight is 233 g/mol. The Morgan fingerprint density at radius 2 is 2.12 bits per heavy atom. The number of hydrogen-bond acceptors (Lipinski definition) is 3. The van der Waals surface area contributed by atoms with E-state index in [0.717, 1.165) is 0 Å². The third-order valence-electron chi connectivity index (χ3n) is 2.45. The van der Waals surface area contributed by atoms with E-state index in [2.05, 4.69) is 5.92 Å². The quantitative estimate of drug-likeness (QED) is 0.781. The third kappa shape index (κ3) is 3.23. The van der Waals surface area contributed by atoms with Crippen molar-refractivity contribution in [1.82, 2.24) is 4.90 Å². The Hall–Kier alpha value is -1.99. The number of hydrogen-bond donors (Lipinski definition) is 1. The minimum absolute atomic E-state index is 0.281. The van der Waals surface area contributed by atoms with Crippen molar-refractivity contribution in [1.29, 1.82) is 0 Å². The predicted molar refractivity (Wildman–Crippen MR) is 64.8 cm³/mol. The number of terminal acetylenes is 1. The van der Waals surface area contributed by atoms with Gasteiger partial charge in [-0.25, -0.2) is 0 Å². The van der Waals surface area contributed by atoms with Crippen LogP contribution in [0.1, 0.15) is 11.6 Å². The van der Waals surface area contributed by atoms with Crippen molar-refractivity contribution in [3.05, 3.63) is 29.8 Å². The molecular weight excluding hydrogens is 218 g/mol. The molecule has 0 heterocycles. The lowest BCUT2D eigenvalue weighted by atomic mass is 10.1. The fourth-order valence-corrected chi connectivity index (χ4v) is 1.61. The number of carboxylic acid groups (broad SMARTS) is 1. The molecule has 1 unspecified atom stereocenters. The van der Waals surface area contributed by atoms with Crippen LogP contribution in [0.2, 0.25) is 0 Å². The zero-order valence-electron chi connectivity index (χ0n) is 9.88. The summed E-state index contributed by atoms with van der Waals surface area (Å²) >= 11 is 0. The molecule has 1 aromatic rings. The van der Waals surface area contributed by atoms with E-state index < -0.39 is 12.0 Å². The first-order valence-electron chi connectivity index (χ1n) is 5.10. The summed E-state index contributed by atoms with van der Waals surface area (Å²) in [5, 5.41) is 9.21. The molecule has 4 heteroatoms. The van der Waals surface area contributed by atoms with E-state index in [1.165, 1.54) is 0 Å². The molecule has 0 aliphatic heterocycles. The average Bonchev–Trinajstić information content (AvgIpc) is 2.30. The van der Waals surface area contributed by atoms with Crippen molar-refractivity contribution in [2.24, 2.45) is 0 Å². The lowest BCUT2D eigenvalue weighted by molar-refractivity contribution is -0.142. The highest BCUT2D eigenvalue weighted by atomic mass is 16.5. The highest BCUT2D eigenvalue weighted by molar-refractivity contribution is 5.75. The molecule has 0 spiro atoms. The number of aliphatic carboxylic acids is 1. The molecule has 1 atom stereocenters. The van der Waals surface area contributed by atoms with Crippen LogP contribution in [0.15, 0.2) is 24.3 Å². The fourth-order valence-electron chi connectivity index (χ4n) is 1.61. The van der Waals surface area contributed by atoms with Gasteiger partial charge in [0.2, 0.25) is 0 Å². The number of benzene rings is 1. The Labute approximate surface area is 101 Å². The third-order valence-corrected chi connectivity index (χ3v) is 2.45. The number of carbonyl (C=O) groups is 1. The van der Waals surface area contributed by atoms with Crippen LogP contribution in [0.25, 0.3) is 0 Å². The van der Waals surface area contributed by atoms with Crippen molar-refractivity contribution in [2.45, 2.75) is 6.04 Å². The largest absolute Gasteiger partial charge is 0.497 e. The van der Waals surface area contributed by atoms with Gasteiger partial charge in [-0.05, 0) is 24.7 Å². The highest BCUT2D eigenvalue weighted by Gasteiger charge is 2.23. The van der Waals surface area contributed by atoms with Crippen molar-refractivity contribution in [3.8, 4) is 18.1 Å². The van der Waals surface area contributed by atoms with Gasteiger partial charge in [-0.3, -0.25) is 9.69 Å². The Bertz CT molecular complexity index is 419. The number of nitrogens with zero attached hydrogens (tertiary/aromatic N) is 1. The topological polar surface area (TPSA) is 49.8 Å². The Morgan fingerprint density at radius 1 is 1.53 bits per heavy atom. The molecular formula is C13H15NO3. The van der Waals surface area contributed by atoms with Crippen molar-refractivity contribution in [2.75, 3.05) is 20.7 Å². The van der Waals surface area contributed by atoms with E-state index in [-0.39, 0.29) is 6.54 Å². The predicted octanol–water partition coefficient (Wildman–Crippen LogP) is 1.39. The fraction of sp³-hybridized carbons (Fsp3) is 0.308. The van der Waals surface area contributed by atoms with Crippen LogP contribution >= 0.6 is 0 Å². The summed E-state index contributed by atoms with van der Waals surface area (Å²) in [4.78, 5) is 12.8. The van der Waals surface area contributed by atoms with Crippen molar-refractivity contribution in [3.63, 3.8) is 0 Å². The van der Waals surface area contributed by atoms with E-state index >= 15 is 0 Å². The Morgan fingerprint density at radius 3 is 2.53 bits per heavy atom. The Balaban J connectivity index is 2.98. The summed E-state index contributed by atoms with van der Waals surface area (Å²) in [5.74, 6) is 2.20. The van der Waals surface area contributed by atoms with Gasteiger partial charge in [-0.2, -0.15) is 0 Å². The molecule has 0 bridgehead atoms. The van der Waals surface area contributed by atoms with E-state index in [1.807, 2.05) is 0 Å². The molecule has 0 amide bonds. The summed E-state index contributed by atoms with van der Waals surface area (Å²) in [5.41, 5.74) is 0.677. The van der Waals surface area contributed by atoms with Gasteiger partial charge in [0.05, 0.1) is 13.7 Å². The molecule has 90 valence electrons. The van der Waals surface area contributed by atoms with Crippen LogP contribution in [0.3, 0.4) is 0 Å². The van der Waals surface area contributed by atoms with Gasteiger partial charge >= 0.3 is 5.97 Å². The molecule has 1 aromatic carbocycles. The van der Waals surface area contributed by atoms with E-state index in [1.54, 1.807) is 43.3 Å². The smallest absolute Gasteiger partial charge is 0.325 e. The first kappa shape index (κ1) is 13.1. The number of carboxylic acids is 1. The standard InChI is InChI=1S/C13H15NO3/c1-4-9-14(2)12(13(15)16)10-5-7-11(17-3)8-6-10/h1,5-8,12H,9H2,2-3H3,(H,15,16). The second-order valence-corrected chi connectivity index (χ2v) is 3.63. The highest BCUT2D eigenvalue weighted by Crippen LogP contribution is 2.22. The SMILES string of the molecule is C#CCN(C)C(C(=O)O)c1ccc(OC)cc1. The van der Waals surface area contributed by atoms with Crippen LogP contribution in [0.5, 0.6) is 5.75 Å². The molecule has 0 fully saturated rings. The summed E-state index contributed by atoms with van der Waals surface area (Å²) in [6, 6.07) is 6.18. The van der Waals surface area contributed by atoms with Gasteiger partial charge < -0.3 is 9.84 Å². The van der Waals surface area contributed by atoms with E-state index in [0.29, 0.717) is 11.3 Å². The van der Waals surface area contributed by atoms with Crippen LogP contribution in [-0.2, 0) is 4.79 Å². The normalized spacial score (nSPS) is 11.9. The first-order valence-corrected chi connectivity index (χ1v) is 5.10. The van der Waals surface area contributed by atoms with Gasteiger partial charge in [0, 0.05) is 0 Å². The van der Waals surface area contributed by atoms with Gasteiger partial charge in [0.1, 0.15) is 11.8 Å². The second-order valence-electron chi connectivity index (χ2n) is 3.63. The molecule has 0 radical (unpaired) electrons. The summed E-state index contributed by atoms with van der Waals surface area (Å²) in [6.45, 7) is 0.281. The number of rotatable bonds is 5. The van der Waals surface area contributed by atoms with E-state index in [4.69, 9.17) is 11.2 Å². The monoisotopic (exact) mass is 233 g/mol. The van der Waals surface area contributed by atoms with Gasteiger partial charge in [0.25, 0.3) is 0 Å². The van der Waals surface area contributed by atoms with Gasteiger partial charge in [-0.1, -0.05) is 18.1 Å². The maximum Gasteiger partial charge on any atom is 0.325 e. The molecule has 0 aromatic heterocycles. The summed E-state index contributed by atoms with van der Waals surface area (Å²) in [7, 11) is 3.25. The minimum atomic E-state index is -0.923. The first-order chi connectivity index (χ1) is 8.10. The van der Waals surface area contributed by atoms with Crippen molar-refractivity contribution >= 4 is 5.97 Å². The lowest BCUT2D eigenvalue weighted by Crippen LogP contribution is -2.31. The maximum absolute atomic E-state index is 11.2. The second kappa shape index (κ2) is 5.92. The van der Waals surface area contributed by atoms with E-state index in [9.17, 15) is 9.90 Å². The zero-order valence-corrected chi connectivity index (χ0v) is 9.88. The molecule has 1 rings (SSSR count). The van der Waals surface area contributed by atoms with Crippen LogP contribution < -0.4 is 4.74 Å². The summed E-state index contributed by atoms with van der Waals surface area (Å²) < 4.78 is 5.02. The zero-order chi connectivity index (χ0) is 12.8. The Kier molecular flexibility index (Phi) is 4.56. The number of ether oxygens (including phenoxy) is 1. The summed E-state index contributed by atoms with van der Waals surface area (Å²) in [6.07, 6.45) is 5.19. The number of methoxy groups -OCH3 is 1. The van der Waals surface area contributed by atoms with Gasteiger partial charge in [0.15, 0.2) is 0 Å². The molecule has 0 aliphatic carbocycles. The molecule has 4 nitrogen and oxygen atoms in total. The minimum Gasteiger partial charge on any atom is -0.497 e. The van der Waals surface area contributed by atoms with Crippen LogP contribution in [-0.4, -0.2) is 36.7 Å².